The fourth-order valence-corrected chi connectivity index (χ4v) is 3.37. The number of nitrogens with one attached hydrogen (secondary N) is 1. The van der Waals surface area contributed by atoms with Gasteiger partial charge in [0.2, 0.25) is 0 Å². The molecule has 6 heteroatoms. The Hall–Kier alpha value is -3.80. The van der Waals surface area contributed by atoms with E-state index in [-0.39, 0.29) is 12.2 Å². The van der Waals surface area contributed by atoms with Crippen molar-refractivity contribution in [3.8, 4) is 28.0 Å². The Labute approximate surface area is 187 Å². The van der Waals surface area contributed by atoms with Crippen molar-refractivity contribution in [3.05, 3.63) is 78.4 Å². The quantitative estimate of drug-likeness (QED) is 0.494. The molecule has 32 heavy (non-hydrogen) atoms. The van der Waals surface area contributed by atoms with E-state index >= 15 is 0 Å². The van der Waals surface area contributed by atoms with E-state index in [1.165, 1.54) is 0 Å². The molecule has 0 aliphatic heterocycles. The van der Waals surface area contributed by atoms with Crippen LogP contribution in [0.1, 0.15) is 26.3 Å². The highest BCUT2D eigenvalue weighted by Crippen LogP contribution is 2.39. The number of alkyl carbamates (subject to hydrolysis) is 1. The minimum atomic E-state index is -1.19. The van der Waals surface area contributed by atoms with Crippen LogP contribution >= 0.6 is 0 Å². The molecule has 0 radical (unpaired) electrons. The Morgan fingerprint density at radius 1 is 0.906 bits per heavy atom. The summed E-state index contributed by atoms with van der Waals surface area (Å²) in [4.78, 5) is 24.0. The van der Waals surface area contributed by atoms with Crippen molar-refractivity contribution in [1.29, 1.82) is 0 Å². The van der Waals surface area contributed by atoms with Crippen LogP contribution in [0.4, 0.5) is 4.79 Å². The van der Waals surface area contributed by atoms with Gasteiger partial charge in [0.1, 0.15) is 17.4 Å². The molecule has 166 valence electrons. The molecule has 6 nitrogen and oxygen atoms in total. The van der Waals surface area contributed by atoms with E-state index in [1.54, 1.807) is 32.9 Å². The van der Waals surface area contributed by atoms with Crippen LogP contribution in [-0.2, 0) is 16.0 Å². The number of carbonyl (C=O) groups is 2. The molecule has 0 fully saturated rings. The number of hydrogen-bond donors (Lipinski definition) is 3. The van der Waals surface area contributed by atoms with Crippen LogP contribution in [0.3, 0.4) is 0 Å². The summed E-state index contributed by atoms with van der Waals surface area (Å²) in [5.74, 6) is -1.07. The van der Waals surface area contributed by atoms with Crippen LogP contribution in [-0.4, -0.2) is 33.9 Å². The first-order valence-corrected chi connectivity index (χ1v) is 10.3. The number of rotatable bonds is 6. The fourth-order valence-electron chi connectivity index (χ4n) is 3.37. The lowest BCUT2D eigenvalue weighted by molar-refractivity contribution is -0.139. The number of carboxylic acid groups (broad SMARTS) is 1. The maximum atomic E-state index is 12.2. The van der Waals surface area contributed by atoms with Crippen LogP contribution < -0.4 is 5.32 Å². The Balaban J connectivity index is 2.01. The first-order valence-electron chi connectivity index (χ1n) is 10.3. The zero-order valence-electron chi connectivity index (χ0n) is 18.3. The third-order valence-corrected chi connectivity index (χ3v) is 4.77. The zero-order valence-corrected chi connectivity index (χ0v) is 18.3. The van der Waals surface area contributed by atoms with Gasteiger partial charge in [0, 0.05) is 17.5 Å². The standard InChI is InChI=1S/C26H27NO5/c1-26(2,3)32-25(31)27-22(24(29)30)16-17-14-20(18-10-6-4-7-11-18)23(28)21(15-17)19-12-8-5-9-13-19/h4-15,22,28H,16H2,1-3H3,(H,27,31)(H,29,30)/t22-/m0/s1. The highest BCUT2D eigenvalue weighted by atomic mass is 16.6. The second-order valence-corrected chi connectivity index (χ2v) is 8.51. The number of hydrogen-bond acceptors (Lipinski definition) is 4. The molecule has 0 saturated carbocycles. The summed E-state index contributed by atoms with van der Waals surface area (Å²) < 4.78 is 5.21. The van der Waals surface area contributed by atoms with Gasteiger partial charge in [-0.05, 0) is 49.6 Å². The molecule has 3 aromatic carbocycles. The summed E-state index contributed by atoms with van der Waals surface area (Å²) in [6, 6.07) is 21.1. The number of carboxylic acids is 1. The number of aliphatic carboxylic acids is 1. The highest BCUT2D eigenvalue weighted by molar-refractivity contribution is 5.84. The van der Waals surface area contributed by atoms with Crippen LogP contribution in [0.15, 0.2) is 72.8 Å². The Morgan fingerprint density at radius 2 is 1.38 bits per heavy atom. The molecule has 0 spiro atoms. The van der Waals surface area contributed by atoms with Crippen molar-refractivity contribution >= 4 is 12.1 Å². The van der Waals surface area contributed by atoms with Gasteiger partial charge in [0.05, 0.1) is 0 Å². The lowest BCUT2D eigenvalue weighted by Gasteiger charge is -2.22. The van der Waals surface area contributed by atoms with E-state index in [0.29, 0.717) is 16.7 Å². The molecule has 0 saturated heterocycles. The first kappa shape index (κ1) is 22.9. The number of phenolic OH excluding ortho intramolecular Hbond substituents is 1. The Bertz CT molecular complexity index is 1030. The van der Waals surface area contributed by atoms with E-state index in [2.05, 4.69) is 5.32 Å². The third kappa shape index (κ3) is 5.88. The van der Waals surface area contributed by atoms with Gasteiger partial charge in [-0.25, -0.2) is 9.59 Å². The summed E-state index contributed by atoms with van der Waals surface area (Å²) in [6.07, 6.45) is -0.774. The molecule has 1 amide bonds. The Morgan fingerprint density at radius 3 is 1.78 bits per heavy atom. The Kier molecular flexibility index (Phi) is 6.83. The number of aromatic hydroxyl groups is 1. The molecule has 3 rings (SSSR count). The number of phenols is 1. The molecule has 0 unspecified atom stereocenters. The zero-order chi connectivity index (χ0) is 23.3. The van der Waals surface area contributed by atoms with Crippen molar-refractivity contribution in [1.82, 2.24) is 5.32 Å². The number of ether oxygens (including phenoxy) is 1. The van der Waals surface area contributed by atoms with E-state index in [1.807, 2.05) is 60.7 Å². The van der Waals surface area contributed by atoms with Crippen molar-refractivity contribution < 1.29 is 24.5 Å². The molecular formula is C26H27NO5. The molecule has 3 aromatic rings. The van der Waals surface area contributed by atoms with Gasteiger partial charge >= 0.3 is 12.1 Å². The average Bonchev–Trinajstić information content (AvgIpc) is 2.74. The van der Waals surface area contributed by atoms with Crippen LogP contribution in [0, 0.1) is 0 Å². The maximum absolute atomic E-state index is 12.2. The van der Waals surface area contributed by atoms with Gasteiger partial charge in [-0.15, -0.1) is 0 Å². The molecule has 3 N–H and O–H groups in total. The second-order valence-electron chi connectivity index (χ2n) is 8.51. The van der Waals surface area contributed by atoms with Gasteiger partial charge in [-0.3, -0.25) is 0 Å². The molecule has 0 aliphatic carbocycles. The second kappa shape index (κ2) is 9.56. The van der Waals surface area contributed by atoms with E-state index in [9.17, 15) is 19.8 Å². The summed E-state index contributed by atoms with van der Waals surface area (Å²) in [7, 11) is 0. The van der Waals surface area contributed by atoms with E-state index in [0.717, 1.165) is 11.1 Å². The van der Waals surface area contributed by atoms with Crippen LogP contribution in [0.2, 0.25) is 0 Å². The van der Waals surface area contributed by atoms with Crippen molar-refractivity contribution in [3.63, 3.8) is 0 Å². The van der Waals surface area contributed by atoms with Crippen LogP contribution in [0.25, 0.3) is 22.3 Å². The summed E-state index contributed by atoms with van der Waals surface area (Å²) in [5, 5.41) is 23.2. The molecule has 0 bridgehead atoms. The largest absolute Gasteiger partial charge is 0.507 e. The maximum Gasteiger partial charge on any atom is 0.408 e. The topological polar surface area (TPSA) is 95.9 Å². The summed E-state index contributed by atoms with van der Waals surface area (Å²) in [5.41, 5.74) is 2.69. The monoisotopic (exact) mass is 433 g/mol. The van der Waals surface area contributed by atoms with Gasteiger partial charge in [-0.2, -0.15) is 0 Å². The highest BCUT2D eigenvalue weighted by Gasteiger charge is 2.25. The summed E-state index contributed by atoms with van der Waals surface area (Å²) in [6.45, 7) is 5.13. The minimum absolute atomic E-state index is 0.0223. The predicted octanol–water partition coefficient (Wildman–Crippen LogP) is 5.25. The lowest BCUT2D eigenvalue weighted by atomic mass is 9.92. The average molecular weight is 434 g/mol. The predicted molar refractivity (Wildman–Crippen MR) is 123 cm³/mol. The van der Waals surface area contributed by atoms with Crippen molar-refractivity contribution in [2.75, 3.05) is 0 Å². The third-order valence-electron chi connectivity index (χ3n) is 4.77. The molecule has 0 aromatic heterocycles. The molecule has 1 atom stereocenters. The fraction of sp³-hybridized carbons (Fsp3) is 0.231. The van der Waals surface area contributed by atoms with Gasteiger partial charge in [0.25, 0.3) is 0 Å². The summed E-state index contributed by atoms with van der Waals surface area (Å²) >= 11 is 0. The van der Waals surface area contributed by atoms with Gasteiger partial charge in [-0.1, -0.05) is 60.7 Å². The number of amides is 1. The van der Waals surface area contributed by atoms with Crippen molar-refractivity contribution in [2.45, 2.75) is 38.8 Å². The van der Waals surface area contributed by atoms with Gasteiger partial charge < -0.3 is 20.3 Å². The van der Waals surface area contributed by atoms with E-state index < -0.39 is 23.7 Å². The molecule has 0 aliphatic rings. The number of benzene rings is 3. The van der Waals surface area contributed by atoms with Gasteiger partial charge in [0.15, 0.2) is 0 Å². The molecule has 0 heterocycles. The SMILES string of the molecule is CC(C)(C)OC(=O)N[C@@H](Cc1cc(-c2ccccc2)c(O)c(-c2ccccc2)c1)C(=O)O. The van der Waals surface area contributed by atoms with E-state index in [4.69, 9.17) is 4.74 Å². The molecular weight excluding hydrogens is 406 g/mol. The minimum Gasteiger partial charge on any atom is -0.507 e. The van der Waals surface area contributed by atoms with Crippen molar-refractivity contribution in [2.24, 2.45) is 0 Å². The smallest absolute Gasteiger partial charge is 0.408 e. The van der Waals surface area contributed by atoms with Crippen LogP contribution in [0.5, 0.6) is 5.75 Å². The lowest BCUT2D eigenvalue weighted by Crippen LogP contribution is -2.44. The number of carbonyl (C=O) groups excluding carboxylic acids is 1. The normalized spacial score (nSPS) is 12.1. The first-order chi connectivity index (χ1) is 15.1.